The smallest absolute Gasteiger partial charge is 0.131 e. The van der Waals surface area contributed by atoms with E-state index in [4.69, 9.17) is 4.74 Å². The van der Waals surface area contributed by atoms with Crippen LogP contribution in [0.3, 0.4) is 0 Å². The summed E-state index contributed by atoms with van der Waals surface area (Å²) < 4.78 is 33.6. The molecule has 0 saturated heterocycles. The van der Waals surface area contributed by atoms with Gasteiger partial charge in [0.2, 0.25) is 0 Å². The average molecular weight is 328 g/mol. The Balaban J connectivity index is 2.17. The van der Waals surface area contributed by atoms with Crippen LogP contribution >= 0.6 is 0 Å². The first-order valence-corrected chi connectivity index (χ1v) is 7.87. The molecule has 24 heavy (non-hydrogen) atoms. The molecule has 0 amide bonds. The minimum atomic E-state index is -0.502. The monoisotopic (exact) mass is 328 g/mol. The van der Waals surface area contributed by atoms with Crippen LogP contribution < -0.4 is 4.74 Å². The van der Waals surface area contributed by atoms with Crippen molar-refractivity contribution in [3.05, 3.63) is 76.9 Å². The maximum Gasteiger partial charge on any atom is 0.131 e. The first-order chi connectivity index (χ1) is 11.5. The lowest BCUT2D eigenvalue weighted by molar-refractivity contribution is 0.265. The van der Waals surface area contributed by atoms with E-state index in [0.717, 1.165) is 12.1 Å². The van der Waals surface area contributed by atoms with E-state index in [0.29, 0.717) is 28.9 Å². The van der Waals surface area contributed by atoms with Crippen molar-refractivity contribution < 1.29 is 18.6 Å². The van der Waals surface area contributed by atoms with E-state index in [1.165, 1.54) is 6.07 Å². The van der Waals surface area contributed by atoms with Crippen molar-refractivity contribution in [2.24, 2.45) is 0 Å². The molecule has 1 aliphatic heterocycles. The van der Waals surface area contributed by atoms with Crippen LogP contribution in [0.2, 0.25) is 0 Å². The molecule has 0 fully saturated rings. The number of hydrogen-bond acceptors (Lipinski definition) is 2. The van der Waals surface area contributed by atoms with E-state index in [2.05, 4.69) is 0 Å². The summed E-state index contributed by atoms with van der Waals surface area (Å²) in [5.74, 6) is -0.269. The zero-order valence-electron chi connectivity index (χ0n) is 13.5. The largest absolute Gasteiger partial charge is 0.508 e. The van der Waals surface area contributed by atoms with Crippen molar-refractivity contribution in [2.45, 2.75) is 26.4 Å². The highest BCUT2D eigenvalue weighted by Gasteiger charge is 2.22. The molecule has 2 aromatic rings. The summed E-state index contributed by atoms with van der Waals surface area (Å²) in [6, 6.07) is 8.61. The predicted octanol–water partition coefficient (Wildman–Crippen LogP) is 5.49. The summed E-state index contributed by atoms with van der Waals surface area (Å²) in [4.78, 5) is 0. The summed E-state index contributed by atoms with van der Waals surface area (Å²) in [6.45, 7) is 3.76. The average Bonchev–Trinajstić information content (AvgIpc) is 2.56. The summed E-state index contributed by atoms with van der Waals surface area (Å²) in [6.07, 6.45) is 3.88. The second-order valence-corrected chi connectivity index (χ2v) is 5.74. The highest BCUT2D eigenvalue weighted by molar-refractivity contribution is 5.85. The molecule has 1 unspecified atom stereocenters. The SMILES string of the molecule is CC/C=C(/O)c1ccc2c(c1)C(c1cc(F)ccc1F)=CC(C)O2. The maximum atomic E-state index is 14.2. The summed E-state index contributed by atoms with van der Waals surface area (Å²) >= 11 is 0. The van der Waals surface area contributed by atoms with Crippen LogP contribution in [0.25, 0.3) is 11.3 Å². The van der Waals surface area contributed by atoms with E-state index in [-0.39, 0.29) is 17.4 Å². The van der Waals surface area contributed by atoms with E-state index < -0.39 is 11.6 Å². The van der Waals surface area contributed by atoms with Crippen molar-refractivity contribution in [2.75, 3.05) is 0 Å². The van der Waals surface area contributed by atoms with E-state index >= 15 is 0 Å². The Hall–Kier alpha value is -2.62. The van der Waals surface area contributed by atoms with Crippen LogP contribution in [0.1, 0.15) is 37.0 Å². The first-order valence-electron chi connectivity index (χ1n) is 7.87. The lowest BCUT2D eigenvalue weighted by atomic mass is 9.92. The van der Waals surface area contributed by atoms with Crippen LogP contribution in [0.4, 0.5) is 8.78 Å². The molecule has 0 aromatic heterocycles. The minimum Gasteiger partial charge on any atom is -0.508 e. The fourth-order valence-corrected chi connectivity index (χ4v) is 2.81. The van der Waals surface area contributed by atoms with Gasteiger partial charge < -0.3 is 9.84 Å². The third-order valence-electron chi connectivity index (χ3n) is 3.90. The molecule has 2 aromatic carbocycles. The summed E-state index contributed by atoms with van der Waals surface area (Å²) in [7, 11) is 0. The molecule has 3 rings (SSSR count). The van der Waals surface area contributed by atoms with Gasteiger partial charge in [-0.1, -0.05) is 6.92 Å². The molecule has 0 radical (unpaired) electrons. The Kier molecular flexibility index (Phi) is 4.38. The Labute approximate surface area is 139 Å². The maximum absolute atomic E-state index is 14.2. The van der Waals surface area contributed by atoms with Gasteiger partial charge in [0.25, 0.3) is 0 Å². The zero-order valence-corrected chi connectivity index (χ0v) is 13.5. The zero-order chi connectivity index (χ0) is 17.3. The third kappa shape index (κ3) is 3.04. The highest BCUT2D eigenvalue weighted by Crippen LogP contribution is 2.38. The molecule has 0 aliphatic carbocycles. The third-order valence-corrected chi connectivity index (χ3v) is 3.90. The van der Waals surface area contributed by atoms with Gasteiger partial charge in [-0.15, -0.1) is 0 Å². The number of halogens is 2. The second kappa shape index (κ2) is 6.48. The normalized spacial score (nSPS) is 17.1. The van der Waals surface area contributed by atoms with Crippen LogP contribution in [0.5, 0.6) is 5.75 Å². The number of benzene rings is 2. The van der Waals surface area contributed by atoms with Gasteiger partial charge in [-0.3, -0.25) is 0 Å². The molecular weight excluding hydrogens is 310 g/mol. The second-order valence-electron chi connectivity index (χ2n) is 5.74. The van der Waals surface area contributed by atoms with Crippen molar-refractivity contribution in [1.29, 1.82) is 0 Å². The van der Waals surface area contributed by atoms with Gasteiger partial charge >= 0.3 is 0 Å². The molecular formula is C20H18F2O2. The molecule has 4 heteroatoms. The van der Waals surface area contributed by atoms with Crippen molar-refractivity contribution in [3.63, 3.8) is 0 Å². The quantitative estimate of drug-likeness (QED) is 0.755. The van der Waals surface area contributed by atoms with Gasteiger partial charge in [0, 0.05) is 16.7 Å². The number of fused-ring (bicyclic) bond motifs is 1. The Morgan fingerprint density at radius 1 is 1.17 bits per heavy atom. The molecule has 0 bridgehead atoms. The fraction of sp³-hybridized carbons (Fsp3) is 0.200. The number of rotatable bonds is 3. The summed E-state index contributed by atoms with van der Waals surface area (Å²) in [5, 5.41) is 10.1. The Morgan fingerprint density at radius 3 is 2.71 bits per heavy atom. The highest BCUT2D eigenvalue weighted by atomic mass is 19.1. The van der Waals surface area contributed by atoms with Crippen LogP contribution in [-0.4, -0.2) is 11.2 Å². The van der Waals surface area contributed by atoms with Gasteiger partial charge in [-0.05, 0) is 67.5 Å². The number of ether oxygens (including phenoxy) is 1. The van der Waals surface area contributed by atoms with Gasteiger partial charge in [-0.2, -0.15) is 0 Å². The molecule has 0 spiro atoms. The van der Waals surface area contributed by atoms with Crippen molar-refractivity contribution in [1.82, 2.24) is 0 Å². The van der Waals surface area contributed by atoms with Gasteiger partial charge in [0.05, 0.1) is 0 Å². The molecule has 0 saturated carbocycles. The van der Waals surface area contributed by atoms with E-state index in [9.17, 15) is 13.9 Å². The molecule has 124 valence electrons. The van der Waals surface area contributed by atoms with Crippen LogP contribution in [-0.2, 0) is 0 Å². The standard InChI is InChI=1S/C20H18F2O2/c1-3-4-19(23)13-5-8-20-17(10-13)15(9-12(2)24-20)16-11-14(21)6-7-18(16)22/h4-12,23H,3H2,1-2H3/b19-4+. The Bertz CT molecular complexity index is 838. The number of allylic oxidation sites excluding steroid dienone is 1. The molecule has 1 heterocycles. The minimum absolute atomic E-state index is 0.151. The first kappa shape index (κ1) is 16.2. The molecule has 2 nitrogen and oxygen atoms in total. The number of hydrogen-bond donors (Lipinski definition) is 1. The van der Waals surface area contributed by atoms with Gasteiger partial charge in [0.15, 0.2) is 0 Å². The van der Waals surface area contributed by atoms with Gasteiger partial charge in [-0.25, -0.2) is 8.78 Å². The van der Waals surface area contributed by atoms with Crippen molar-refractivity contribution >= 4 is 11.3 Å². The van der Waals surface area contributed by atoms with Crippen LogP contribution in [0.15, 0.2) is 48.6 Å². The lowest BCUT2D eigenvalue weighted by Crippen LogP contribution is -2.16. The summed E-state index contributed by atoms with van der Waals surface area (Å²) in [5.41, 5.74) is 1.98. The number of aliphatic hydroxyl groups excluding tert-OH is 1. The molecule has 1 N–H and O–H groups in total. The lowest BCUT2D eigenvalue weighted by Gasteiger charge is -2.24. The predicted molar refractivity (Wildman–Crippen MR) is 90.9 cm³/mol. The molecule has 1 atom stereocenters. The van der Waals surface area contributed by atoms with Crippen LogP contribution in [0, 0.1) is 11.6 Å². The topological polar surface area (TPSA) is 29.5 Å². The van der Waals surface area contributed by atoms with Gasteiger partial charge in [0.1, 0.15) is 29.2 Å². The Morgan fingerprint density at radius 2 is 1.96 bits per heavy atom. The van der Waals surface area contributed by atoms with E-state index in [1.807, 2.05) is 13.8 Å². The van der Waals surface area contributed by atoms with Crippen molar-refractivity contribution in [3.8, 4) is 5.75 Å². The number of aliphatic hydroxyl groups is 1. The van der Waals surface area contributed by atoms with E-state index in [1.54, 1.807) is 30.4 Å². The molecule has 1 aliphatic rings. The fourth-order valence-electron chi connectivity index (χ4n) is 2.81.